The lowest BCUT2D eigenvalue weighted by Gasteiger charge is -2.15. The summed E-state index contributed by atoms with van der Waals surface area (Å²) >= 11 is 0. The average Bonchev–Trinajstić information content (AvgIpc) is 2.59. The molecule has 2 N–H and O–H groups in total. The SMILES string of the molecule is CC(CCc1ccccc1)NC(=O)COC(=O)C1=NNC(=O)CC1. The Morgan fingerprint density at radius 3 is 2.71 bits per heavy atom. The van der Waals surface area contributed by atoms with Gasteiger partial charge in [0.1, 0.15) is 5.71 Å². The molecule has 1 heterocycles. The van der Waals surface area contributed by atoms with E-state index in [1.807, 2.05) is 37.3 Å². The molecule has 1 unspecified atom stereocenters. The molecule has 2 rings (SSSR count). The summed E-state index contributed by atoms with van der Waals surface area (Å²) in [5.41, 5.74) is 3.55. The van der Waals surface area contributed by atoms with E-state index >= 15 is 0 Å². The summed E-state index contributed by atoms with van der Waals surface area (Å²) in [7, 11) is 0. The van der Waals surface area contributed by atoms with Crippen molar-refractivity contribution in [2.75, 3.05) is 6.61 Å². The smallest absolute Gasteiger partial charge is 0.355 e. The normalized spacial score (nSPS) is 15.0. The van der Waals surface area contributed by atoms with E-state index in [-0.39, 0.29) is 43.0 Å². The fourth-order valence-electron chi connectivity index (χ4n) is 2.25. The van der Waals surface area contributed by atoms with Gasteiger partial charge in [0.25, 0.3) is 5.91 Å². The molecule has 0 aliphatic carbocycles. The quantitative estimate of drug-likeness (QED) is 0.727. The van der Waals surface area contributed by atoms with E-state index in [9.17, 15) is 14.4 Å². The van der Waals surface area contributed by atoms with Crippen LogP contribution in [-0.4, -0.2) is 36.1 Å². The van der Waals surface area contributed by atoms with E-state index in [2.05, 4.69) is 15.8 Å². The van der Waals surface area contributed by atoms with Crippen LogP contribution in [0.1, 0.15) is 31.7 Å². The molecule has 1 aliphatic rings. The number of aryl methyl sites for hydroxylation is 1. The highest BCUT2D eigenvalue weighted by atomic mass is 16.5. The molecule has 0 fully saturated rings. The van der Waals surface area contributed by atoms with Crippen LogP contribution in [0.4, 0.5) is 0 Å². The monoisotopic (exact) mass is 331 g/mol. The maximum absolute atomic E-state index is 11.8. The van der Waals surface area contributed by atoms with Crippen molar-refractivity contribution in [3.05, 3.63) is 35.9 Å². The Balaban J connectivity index is 1.67. The second kappa shape index (κ2) is 8.81. The van der Waals surface area contributed by atoms with E-state index in [1.54, 1.807) is 0 Å². The van der Waals surface area contributed by atoms with E-state index in [1.165, 1.54) is 5.56 Å². The fourth-order valence-corrected chi connectivity index (χ4v) is 2.25. The molecule has 0 saturated carbocycles. The molecule has 0 radical (unpaired) electrons. The molecule has 1 atom stereocenters. The number of esters is 1. The number of nitrogens with one attached hydrogen (secondary N) is 2. The standard InChI is InChI=1S/C17H21N3O4/c1-12(7-8-13-5-3-2-4-6-13)18-16(22)11-24-17(23)14-9-10-15(21)20-19-14/h2-6,12H,7-11H2,1H3,(H,18,22)(H,20,21). The summed E-state index contributed by atoms with van der Waals surface area (Å²) in [6, 6.07) is 9.98. The van der Waals surface area contributed by atoms with Crippen molar-refractivity contribution in [2.24, 2.45) is 5.10 Å². The molecular weight excluding hydrogens is 310 g/mol. The zero-order chi connectivity index (χ0) is 17.4. The zero-order valence-corrected chi connectivity index (χ0v) is 13.6. The van der Waals surface area contributed by atoms with Crippen LogP contribution in [-0.2, 0) is 25.5 Å². The largest absolute Gasteiger partial charge is 0.451 e. The Kier molecular flexibility index (Phi) is 6.48. The van der Waals surface area contributed by atoms with Gasteiger partial charge in [-0.1, -0.05) is 30.3 Å². The topological polar surface area (TPSA) is 96.9 Å². The highest BCUT2D eigenvalue weighted by Gasteiger charge is 2.20. The minimum atomic E-state index is -0.679. The van der Waals surface area contributed by atoms with Gasteiger partial charge in [0.05, 0.1) is 0 Å². The number of hydrogen-bond donors (Lipinski definition) is 2. The van der Waals surface area contributed by atoms with Gasteiger partial charge < -0.3 is 10.1 Å². The zero-order valence-electron chi connectivity index (χ0n) is 13.6. The first kappa shape index (κ1) is 17.7. The van der Waals surface area contributed by atoms with Gasteiger partial charge in [0.2, 0.25) is 5.91 Å². The van der Waals surface area contributed by atoms with Gasteiger partial charge >= 0.3 is 5.97 Å². The number of benzene rings is 1. The fraction of sp³-hybridized carbons (Fsp3) is 0.412. The van der Waals surface area contributed by atoms with Gasteiger partial charge in [-0.2, -0.15) is 5.10 Å². The predicted molar refractivity (Wildman–Crippen MR) is 88.1 cm³/mol. The number of ether oxygens (including phenoxy) is 1. The third-order valence-electron chi connectivity index (χ3n) is 3.59. The predicted octanol–water partition coefficient (Wildman–Crippen LogP) is 0.933. The number of carbonyl (C=O) groups is 3. The molecule has 1 aromatic rings. The summed E-state index contributed by atoms with van der Waals surface area (Å²) in [5.74, 6) is -1.28. The van der Waals surface area contributed by atoms with Crippen molar-refractivity contribution < 1.29 is 19.1 Å². The van der Waals surface area contributed by atoms with Crippen molar-refractivity contribution >= 4 is 23.5 Å². The lowest BCUT2D eigenvalue weighted by atomic mass is 10.1. The molecule has 0 aromatic heterocycles. The summed E-state index contributed by atoms with van der Waals surface area (Å²) in [6.45, 7) is 1.55. The van der Waals surface area contributed by atoms with Crippen molar-refractivity contribution in [3.8, 4) is 0 Å². The Morgan fingerprint density at radius 2 is 2.04 bits per heavy atom. The third kappa shape index (κ3) is 5.83. The maximum atomic E-state index is 11.8. The molecule has 7 nitrogen and oxygen atoms in total. The first-order chi connectivity index (χ1) is 11.5. The van der Waals surface area contributed by atoms with E-state index in [0.29, 0.717) is 0 Å². The summed E-state index contributed by atoms with van der Waals surface area (Å²) in [6.07, 6.45) is 2.07. The summed E-state index contributed by atoms with van der Waals surface area (Å²) in [5, 5.41) is 6.41. The van der Waals surface area contributed by atoms with Gasteiger partial charge in [-0.3, -0.25) is 9.59 Å². The Bertz CT molecular complexity index is 628. The van der Waals surface area contributed by atoms with Crippen molar-refractivity contribution in [3.63, 3.8) is 0 Å². The van der Waals surface area contributed by atoms with Gasteiger partial charge in [0, 0.05) is 18.9 Å². The third-order valence-corrected chi connectivity index (χ3v) is 3.59. The summed E-state index contributed by atoms with van der Waals surface area (Å²) < 4.78 is 4.91. The van der Waals surface area contributed by atoms with Crippen LogP contribution in [0, 0.1) is 0 Å². The highest BCUT2D eigenvalue weighted by molar-refractivity contribution is 6.37. The van der Waals surface area contributed by atoms with Crippen LogP contribution in [0.5, 0.6) is 0 Å². The van der Waals surface area contributed by atoms with Crippen LogP contribution in [0.15, 0.2) is 35.4 Å². The van der Waals surface area contributed by atoms with Crippen LogP contribution in [0.25, 0.3) is 0 Å². The van der Waals surface area contributed by atoms with Crippen molar-refractivity contribution in [1.82, 2.24) is 10.7 Å². The molecule has 2 amide bonds. The number of amides is 2. The lowest BCUT2D eigenvalue weighted by Crippen LogP contribution is -2.37. The summed E-state index contributed by atoms with van der Waals surface area (Å²) in [4.78, 5) is 34.5. The molecule has 24 heavy (non-hydrogen) atoms. The van der Waals surface area contributed by atoms with Crippen molar-refractivity contribution in [2.45, 2.75) is 38.6 Å². The first-order valence-corrected chi connectivity index (χ1v) is 7.90. The first-order valence-electron chi connectivity index (χ1n) is 7.90. The second-order valence-corrected chi connectivity index (χ2v) is 5.66. The molecule has 0 bridgehead atoms. The Labute approximate surface area is 140 Å². The second-order valence-electron chi connectivity index (χ2n) is 5.66. The van der Waals surface area contributed by atoms with Gasteiger partial charge in [0.15, 0.2) is 6.61 Å². The van der Waals surface area contributed by atoms with Gasteiger partial charge in [-0.05, 0) is 25.3 Å². The van der Waals surface area contributed by atoms with E-state index in [4.69, 9.17) is 4.74 Å². The number of carbonyl (C=O) groups excluding carboxylic acids is 3. The number of hydrazone groups is 1. The van der Waals surface area contributed by atoms with Crippen LogP contribution in [0.3, 0.4) is 0 Å². The Hall–Kier alpha value is -2.70. The van der Waals surface area contributed by atoms with E-state index in [0.717, 1.165) is 12.8 Å². The minimum Gasteiger partial charge on any atom is -0.451 e. The van der Waals surface area contributed by atoms with Crippen LogP contribution >= 0.6 is 0 Å². The molecular formula is C17H21N3O4. The highest BCUT2D eigenvalue weighted by Crippen LogP contribution is 2.05. The maximum Gasteiger partial charge on any atom is 0.355 e. The number of rotatable bonds is 7. The number of nitrogens with zero attached hydrogens (tertiary/aromatic N) is 1. The van der Waals surface area contributed by atoms with Gasteiger partial charge in [-0.25, -0.2) is 10.2 Å². The molecule has 7 heteroatoms. The molecule has 0 spiro atoms. The van der Waals surface area contributed by atoms with E-state index < -0.39 is 5.97 Å². The number of hydrogen-bond acceptors (Lipinski definition) is 5. The minimum absolute atomic E-state index is 0.0253. The molecule has 128 valence electrons. The lowest BCUT2D eigenvalue weighted by molar-refractivity contribution is -0.142. The van der Waals surface area contributed by atoms with Crippen molar-refractivity contribution in [1.29, 1.82) is 0 Å². The molecule has 1 aliphatic heterocycles. The van der Waals surface area contributed by atoms with Crippen LogP contribution in [0.2, 0.25) is 0 Å². The van der Waals surface area contributed by atoms with Gasteiger partial charge in [-0.15, -0.1) is 0 Å². The molecule has 0 saturated heterocycles. The Morgan fingerprint density at radius 1 is 1.29 bits per heavy atom. The van der Waals surface area contributed by atoms with Crippen LogP contribution < -0.4 is 10.7 Å². The molecule has 1 aromatic carbocycles. The average molecular weight is 331 g/mol.